The van der Waals surface area contributed by atoms with Crippen LogP contribution in [-0.4, -0.2) is 13.6 Å². The van der Waals surface area contributed by atoms with Crippen molar-refractivity contribution in [3.8, 4) is 0 Å². The van der Waals surface area contributed by atoms with Crippen molar-refractivity contribution in [2.75, 3.05) is 0 Å². The zero-order valence-electron chi connectivity index (χ0n) is 22.8. The molecule has 0 heterocycles. The molecule has 0 aromatic heterocycles. The summed E-state index contributed by atoms with van der Waals surface area (Å²) in [4.78, 5) is 0. The van der Waals surface area contributed by atoms with Crippen molar-refractivity contribution in [3.05, 3.63) is 58.1 Å². The molecule has 0 saturated heterocycles. The third kappa shape index (κ3) is 7.80. The summed E-state index contributed by atoms with van der Waals surface area (Å²) in [6.07, 6.45) is 23.7. The zero-order valence-corrected chi connectivity index (χ0v) is 26.3. The first-order valence-electron chi connectivity index (χ1n) is 13.9. The van der Waals surface area contributed by atoms with Crippen molar-refractivity contribution in [1.29, 1.82) is 0 Å². The Hall–Kier alpha value is -0.400. The van der Waals surface area contributed by atoms with E-state index in [0.29, 0.717) is 0 Å². The van der Waals surface area contributed by atoms with Crippen LogP contribution in [0, 0.1) is 12.0 Å². The molecule has 1 aromatic carbocycles. The summed E-state index contributed by atoms with van der Waals surface area (Å²) < 4.78 is 0. The van der Waals surface area contributed by atoms with Gasteiger partial charge < -0.3 is 11.4 Å². The average molecular weight is 555 g/mol. The average Bonchev–Trinajstić information content (AvgIpc) is 3.60. The number of nitrogens with zero attached hydrogens (tertiary/aromatic N) is 1. The van der Waals surface area contributed by atoms with Gasteiger partial charge in [0.15, 0.2) is 0 Å². The molecule has 0 aliphatic heterocycles. The normalized spacial score (nSPS) is 26.1. The third-order valence-electron chi connectivity index (χ3n) is 8.09. The van der Waals surface area contributed by atoms with Crippen LogP contribution >= 0.6 is 0 Å². The van der Waals surface area contributed by atoms with Crippen LogP contribution in [0.15, 0.2) is 46.7 Å². The van der Waals surface area contributed by atoms with Gasteiger partial charge in [0.05, 0.1) is 8.07 Å². The minimum absolute atomic E-state index is 0. The Balaban J connectivity index is 0.000000305. The molecule has 34 heavy (non-hydrogen) atoms. The van der Waals surface area contributed by atoms with Gasteiger partial charge in [0, 0.05) is 0 Å². The standard InChI is InChI=1S/C21H29NSi.2C5H10.Zr/c1-6-16(2)21(22-18-12-8-7-9-13-18)15-17-11-10-14-19(17)20(21)23(3,4)5;2*1-2-4-5-3-1;/h7-9,12-13,17H,10-11,14-15H2,1-5H3;2*1-5H2;/q-2;;;+2/t17-,21-;;;/m1.../s1. The first-order chi connectivity index (χ1) is 15.9. The molecule has 0 N–H and O–H groups in total. The van der Waals surface area contributed by atoms with Gasteiger partial charge in [-0.15, -0.1) is 5.69 Å². The maximum atomic E-state index is 5.37. The number of para-hydroxylation sites is 1. The zero-order chi connectivity index (χ0) is 23.7. The van der Waals surface area contributed by atoms with Crippen LogP contribution in [0.25, 0.3) is 5.32 Å². The van der Waals surface area contributed by atoms with E-state index in [0.717, 1.165) is 11.6 Å². The number of hydrogen-bond acceptors (Lipinski definition) is 0. The summed E-state index contributed by atoms with van der Waals surface area (Å²) in [7, 11) is -1.45. The van der Waals surface area contributed by atoms with E-state index < -0.39 is 8.07 Å². The number of allylic oxidation sites excluding steroid dienone is 2. The van der Waals surface area contributed by atoms with Crippen LogP contribution in [0.3, 0.4) is 0 Å². The monoisotopic (exact) mass is 553 g/mol. The van der Waals surface area contributed by atoms with Gasteiger partial charge in [0.1, 0.15) is 0 Å². The second kappa shape index (κ2) is 14.4. The largest absolute Gasteiger partial charge is 2.00 e. The number of hydrogen-bond donors (Lipinski definition) is 0. The van der Waals surface area contributed by atoms with E-state index in [-0.39, 0.29) is 31.7 Å². The SMILES string of the molecule is C1CCCC1.C1CCCC1.C[C-]=C(C)[C@]1([N-]c2ccccc2)C[C@H]2CCCC2=C1[Si](C)(C)C.[Zr+2]. The number of benzene rings is 1. The molecule has 3 fully saturated rings. The second-order valence-corrected chi connectivity index (χ2v) is 16.7. The molecular formula is C31H49NSiZr. The Morgan fingerprint density at radius 3 is 1.79 bits per heavy atom. The van der Waals surface area contributed by atoms with Crippen molar-refractivity contribution in [2.45, 2.75) is 129 Å². The Bertz CT molecular complexity index is 758. The molecule has 2 atom stereocenters. The fourth-order valence-electron chi connectivity index (χ4n) is 6.52. The van der Waals surface area contributed by atoms with Gasteiger partial charge in [0.2, 0.25) is 0 Å². The number of rotatable bonds is 4. The summed E-state index contributed by atoms with van der Waals surface area (Å²) in [5.41, 5.74) is 4.07. The van der Waals surface area contributed by atoms with E-state index in [1.54, 1.807) is 10.8 Å². The van der Waals surface area contributed by atoms with Crippen molar-refractivity contribution in [1.82, 2.24) is 0 Å². The van der Waals surface area contributed by atoms with Crippen LogP contribution in [0.1, 0.15) is 104 Å². The molecule has 0 radical (unpaired) electrons. The summed E-state index contributed by atoms with van der Waals surface area (Å²) >= 11 is 0. The molecule has 0 amide bonds. The van der Waals surface area contributed by atoms with E-state index >= 15 is 0 Å². The molecule has 186 valence electrons. The first kappa shape index (κ1) is 29.8. The van der Waals surface area contributed by atoms with Crippen LogP contribution in [0.4, 0.5) is 5.69 Å². The predicted molar refractivity (Wildman–Crippen MR) is 149 cm³/mol. The van der Waals surface area contributed by atoms with Crippen LogP contribution < -0.4 is 0 Å². The fourth-order valence-corrected chi connectivity index (χ4v) is 9.40. The van der Waals surface area contributed by atoms with Crippen LogP contribution in [0.2, 0.25) is 19.6 Å². The number of fused-ring (bicyclic) bond motifs is 1. The van der Waals surface area contributed by atoms with E-state index in [1.807, 2.05) is 0 Å². The Morgan fingerprint density at radius 1 is 0.853 bits per heavy atom. The van der Waals surface area contributed by atoms with Crippen LogP contribution in [0.5, 0.6) is 0 Å². The predicted octanol–water partition coefficient (Wildman–Crippen LogP) is 10.5. The van der Waals surface area contributed by atoms with E-state index in [9.17, 15) is 0 Å². The van der Waals surface area contributed by atoms with E-state index in [4.69, 9.17) is 5.32 Å². The fraction of sp³-hybridized carbons (Fsp3) is 0.677. The molecule has 1 nitrogen and oxygen atoms in total. The van der Waals surface area contributed by atoms with Gasteiger partial charge in [-0.05, 0) is 25.2 Å². The third-order valence-corrected chi connectivity index (χ3v) is 10.3. The molecule has 0 spiro atoms. The van der Waals surface area contributed by atoms with Crippen molar-refractivity contribution < 1.29 is 26.2 Å². The second-order valence-electron chi connectivity index (χ2n) is 11.7. The molecule has 0 unspecified atom stereocenters. The summed E-state index contributed by atoms with van der Waals surface area (Å²) in [6, 6.07) is 10.6. The van der Waals surface area contributed by atoms with Crippen LogP contribution in [-0.2, 0) is 26.2 Å². The molecule has 5 rings (SSSR count). The van der Waals surface area contributed by atoms with Gasteiger partial charge in [-0.2, -0.15) is 6.92 Å². The molecular weight excluding hydrogens is 506 g/mol. The van der Waals surface area contributed by atoms with Gasteiger partial charge >= 0.3 is 26.2 Å². The van der Waals surface area contributed by atoms with Crippen molar-refractivity contribution in [3.63, 3.8) is 0 Å². The summed E-state index contributed by atoms with van der Waals surface area (Å²) in [6.45, 7) is 11.8. The van der Waals surface area contributed by atoms with Gasteiger partial charge in [-0.3, -0.25) is 5.57 Å². The van der Waals surface area contributed by atoms with Gasteiger partial charge in [0.25, 0.3) is 0 Å². The minimum atomic E-state index is -1.45. The smallest absolute Gasteiger partial charge is 0.675 e. The minimum Gasteiger partial charge on any atom is -0.675 e. The Labute approximate surface area is 231 Å². The van der Waals surface area contributed by atoms with Gasteiger partial charge in [-0.25, -0.2) is 0 Å². The topological polar surface area (TPSA) is 14.1 Å². The van der Waals surface area contributed by atoms with E-state index in [1.165, 1.54) is 95.5 Å². The first-order valence-corrected chi connectivity index (χ1v) is 17.4. The summed E-state index contributed by atoms with van der Waals surface area (Å²) in [5.74, 6) is 0.757. The molecule has 1 aromatic rings. The summed E-state index contributed by atoms with van der Waals surface area (Å²) in [5, 5.41) is 7.08. The molecule has 4 aliphatic rings. The molecule has 0 bridgehead atoms. The van der Waals surface area contributed by atoms with Gasteiger partial charge in [-0.1, -0.05) is 144 Å². The Morgan fingerprint density at radius 2 is 1.35 bits per heavy atom. The maximum absolute atomic E-state index is 5.37. The molecule has 4 aliphatic carbocycles. The van der Waals surface area contributed by atoms with E-state index in [2.05, 4.69) is 69.9 Å². The quantitative estimate of drug-likeness (QED) is 0.259. The molecule has 3 saturated carbocycles. The Kier molecular flexibility index (Phi) is 12.6. The van der Waals surface area contributed by atoms with Crippen molar-refractivity contribution >= 4 is 13.8 Å². The maximum Gasteiger partial charge on any atom is 2.00 e. The van der Waals surface area contributed by atoms with Crippen molar-refractivity contribution in [2.24, 2.45) is 5.92 Å². The molecule has 3 heteroatoms.